The molecule has 0 aromatic heterocycles. The van der Waals surface area contributed by atoms with Gasteiger partial charge in [-0.2, -0.15) is 0 Å². The van der Waals surface area contributed by atoms with Gasteiger partial charge in [0.2, 0.25) is 5.91 Å². The first-order chi connectivity index (χ1) is 40.5. The topological polar surface area (TPSA) is 95.9 Å². The lowest BCUT2D eigenvalue weighted by atomic mass is 10.0. The zero-order chi connectivity index (χ0) is 59.2. The third-order valence-corrected chi connectivity index (χ3v) is 17.1. The van der Waals surface area contributed by atoms with E-state index in [9.17, 15) is 19.8 Å². The molecule has 0 spiro atoms. The second kappa shape index (κ2) is 71.3. The number of aliphatic hydroxyl groups excluding tert-OH is 2. The van der Waals surface area contributed by atoms with Crippen molar-refractivity contribution >= 4 is 11.9 Å². The minimum absolute atomic E-state index is 0.000726. The quantitative estimate of drug-likeness (QED) is 0.0320. The first kappa shape index (κ1) is 79.8. The Morgan fingerprint density at radius 1 is 0.341 bits per heavy atom. The van der Waals surface area contributed by atoms with Crippen molar-refractivity contribution in [2.45, 2.75) is 411 Å². The maximum Gasteiger partial charge on any atom is 0.305 e. The summed E-state index contributed by atoms with van der Waals surface area (Å²) in [5.41, 5.74) is 0. The van der Waals surface area contributed by atoms with Crippen molar-refractivity contribution in [3.8, 4) is 0 Å². The van der Waals surface area contributed by atoms with Crippen LogP contribution in [-0.4, -0.2) is 47.4 Å². The zero-order valence-corrected chi connectivity index (χ0v) is 55.2. The molecule has 2 unspecified atom stereocenters. The van der Waals surface area contributed by atoms with Crippen LogP contribution in [0.5, 0.6) is 0 Å². The summed E-state index contributed by atoms with van der Waals surface area (Å²) in [6.45, 7) is 4.89. The molecule has 0 aliphatic carbocycles. The normalized spacial score (nSPS) is 12.8. The predicted molar refractivity (Wildman–Crippen MR) is 361 cm³/mol. The van der Waals surface area contributed by atoms with E-state index < -0.39 is 12.1 Å². The second-order valence-corrected chi connectivity index (χ2v) is 25.3. The summed E-state index contributed by atoms with van der Waals surface area (Å²) >= 11 is 0. The van der Waals surface area contributed by atoms with E-state index in [2.05, 4.69) is 55.6 Å². The Kier molecular flexibility index (Phi) is 69.4. The Bertz CT molecular complexity index is 1370. The van der Waals surface area contributed by atoms with Crippen molar-refractivity contribution in [1.82, 2.24) is 5.32 Å². The number of hydrogen-bond acceptors (Lipinski definition) is 5. The molecule has 0 saturated heterocycles. The molecule has 2 atom stereocenters. The van der Waals surface area contributed by atoms with E-state index in [4.69, 9.17) is 4.74 Å². The van der Waals surface area contributed by atoms with Crippen LogP contribution in [0.3, 0.4) is 0 Å². The van der Waals surface area contributed by atoms with Crippen LogP contribution in [0.15, 0.2) is 48.6 Å². The van der Waals surface area contributed by atoms with Crippen LogP contribution in [0.2, 0.25) is 0 Å². The molecular formula is C76H143NO5. The van der Waals surface area contributed by atoms with Gasteiger partial charge in [0.15, 0.2) is 0 Å². The zero-order valence-electron chi connectivity index (χ0n) is 55.2. The predicted octanol–water partition coefficient (Wildman–Crippen LogP) is 24.0. The van der Waals surface area contributed by atoms with Crippen LogP contribution in [0.1, 0.15) is 399 Å². The molecule has 0 rings (SSSR count). The van der Waals surface area contributed by atoms with Gasteiger partial charge >= 0.3 is 5.97 Å². The van der Waals surface area contributed by atoms with Gasteiger partial charge in [-0.1, -0.05) is 351 Å². The van der Waals surface area contributed by atoms with Crippen LogP contribution >= 0.6 is 0 Å². The lowest BCUT2D eigenvalue weighted by molar-refractivity contribution is -0.143. The lowest BCUT2D eigenvalue weighted by Crippen LogP contribution is -2.45. The van der Waals surface area contributed by atoms with Crippen LogP contribution in [0, 0.1) is 0 Å². The second-order valence-electron chi connectivity index (χ2n) is 25.3. The number of unbranched alkanes of at least 4 members (excludes halogenated alkanes) is 52. The molecule has 482 valence electrons. The molecule has 0 radical (unpaired) electrons. The Balaban J connectivity index is 3.44. The summed E-state index contributed by atoms with van der Waals surface area (Å²) in [5.74, 6) is -0.0643. The molecule has 0 fully saturated rings. The number of carbonyl (C=O) groups excluding carboxylic acids is 2. The van der Waals surface area contributed by atoms with Crippen molar-refractivity contribution in [3.05, 3.63) is 48.6 Å². The van der Waals surface area contributed by atoms with E-state index in [0.717, 1.165) is 51.4 Å². The largest absolute Gasteiger partial charge is 0.466 e. The number of nitrogens with one attached hydrogen (secondary N) is 1. The molecule has 1 amide bonds. The highest BCUT2D eigenvalue weighted by Crippen LogP contribution is 2.19. The van der Waals surface area contributed by atoms with Gasteiger partial charge in [-0.05, 0) is 83.5 Å². The summed E-state index contributed by atoms with van der Waals surface area (Å²) in [5, 5.41) is 23.3. The molecule has 0 aliphatic heterocycles. The first-order valence-electron chi connectivity index (χ1n) is 36.9. The van der Waals surface area contributed by atoms with Gasteiger partial charge in [0.25, 0.3) is 0 Å². The highest BCUT2D eigenvalue weighted by molar-refractivity contribution is 5.76. The third kappa shape index (κ3) is 67.0. The Hall–Kier alpha value is -2.18. The third-order valence-electron chi connectivity index (χ3n) is 17.1. The van der Waals surface area contributed by atoms with Gasteiger partial charge in [0, 0.05) is 12.8 Å². The van der Waals surface area contributed by atoms with Crippen molar-refractivity contribution < 1.29 is 24.5 Å². The molecule has 0 aromatic rings. The molecule has 3 N–H and O–H groups in total. The molecule has 0 saturated carbocycles. The van der Waals surface area contributed by atoms with Gasteiger partial charge in [-0.3, -0.25) is 9.59 Å². The summed E-state index contributed by atoms with van der Waals surface area (Å²) in [7, 11) is 0. The standard InChI is InChI=1S/C76H143NO5/c1-3-5-7-9-11-13-15-16-17-18-19-20-21-27-30-33-36-39-42-45-49-52-56-60-64-68-74(79)73(72-78)77-75(80)69-65-61-57-53-50-46-43-40-37-34-31-28-25-23-22-24-26-29-32-35-38-41-44-47-51-55-59-63-67-71-82-76(81)70-66-62-58-54-48-14-12-10-8-6-4-2/h10,12,22,24,29,32,64,68,73-74,78-79H,3-9,11,13-21,23,25-28,30-31,33-63,65-67,69-72H2,1-2H3,(H,77,80)/b12-10-,24-22-,32-29-,68-64+. The maximum atomic E-state index is 12.5. The van der Waals surface area contributed by atoms with Gasteiger partial charge in [0.1, 0.15) is 0 Å². The van der Waals surface area contributed by atoms with E-state index in [1.165, 1.54) is 321 Å². The number of amides is 1. The first-order valence-corrected chi connectivity index (χ1v) is 36.9. The smallest absolute Gasteiger partial charge is 0.305 e. The fourth-order valence-corrected chi connectivity index (χ4v) is 11.4. The van der Waals surface area contributed by atoms with Crippen molar-refractivity contribution in [2.24, 2.45) is 0 Å². The number of allylic oxidation sites excluding steroid dienone is 7. The monoisotopic (exact) mass is 1150 g/mol. The number of esters is 1. The highest BCUT2D eigenvalue weighted by atomic mass is 16.5. The molecule has 0 bridgehead atoms. The van der Waals surface area contributed by atoms with Gasteiger partial charge < -0.3 is 20.3 Å². The number of aliphatic hydroxyl groups is 2. The molecule has 0 aromatic carbocycles. The highest BCUT2D eigenvalue weighted by Gasteiger charge is 2.18. The SMILES string of the molecule is CCCC/C=C\CCCCCCCC(=O)OCCCCCCCCCCC/C=C\C/C=C\CCCCCCCCCCCCCCCC(=O)NC(CO)C(O)/C=C/CCCCCCCCCCCCCCCCCCCCCCCCC. The summed E-state index contributed by atoms with van der Waals surface area (Å²) < 4.78 is 5.46. The average molecular weight is 1150 g/mol. The Labute approximate surface area is 512 Å². The molecule has 82 heavy (non-hydrogen) atoms. The molecule has 6 heteroatoms. The van der Waals surface area contributed by atoms with E-state index in [0.29, 0.717) is 19.4 Å². The Morgan fingerprint density at radius 2 is 0.622 bits per heavy atom. The number of hydrogen-bond donors (Lipinski definition) is 3. The Morgan fingerprint density at radius 3 is 0.976 bits per heavy atom. The van der Waals surface area contributed by atoms with Gasteiger partial charge in [0.05, 0.1) is 25.4 Å². The van der Waals surface area contributed by atoms with Gasteiger partial charge in [-0.15, -0.1) is 0 Å². The average Bonchev–Trinajstić information content (AvgIpc) is 3.48. The summed E-state index contributed by atoms with van der Waals surface area (Å²) in [6, 6.07) is -0.631. The maximum absolute atomic E-state index is 12.5. The van der Waals surface area contributed by atoms with E-state index in [-0.39, 0.29) is 18.5 Å². The van der Waals surface area contributed by atoms with E-state index in [1.54, 1.807) is 6.08 Å². The number of ether oxygens (including phenoxy) is 1. The van der Waals surface area contributed by atoms with Crippen molar-refractivity contribution in [3.63, 3.8) is 0 Å². The van der Waals surface area contributed by atoms with Crippen LogP contribution in [0.4, 0.5) is 0 Å². The van der Waals surface area contributed by atoms with Crippen molar-refractivity contribution in [2.75, 3.05) is 13.2 Å². The molecule has 0 aliphatic rings. The minimum Gasteiger partial charge on any atom is -0.466 e. The fraction of sp³-hybridized carbons (Fsp3) is 0.868. The van der Waals surface area contributed by atoms with Gasteiger partial charge in [-0.25, -0.2) is 0 Å². The van der Waals surface area contributed by atoms with E-state index in [1.807, 2.05) is 6.08 Å². The molecule has 0 heterocycles. The number of rotatable bonds is 69. The fourth-order valence-electron chi connectivity index (χ4n) is 11.4. The van der Waals surface area contributed by atoms with Crippen molar-refractivity contribution in [1.29, 1.82) is 0 Å². The minimum atomic E-state index is -0.848. The lowest BCUT2D eigenvalue weighted by Gasteiger charge is -2.20. The molecular weight excluding hydrogens is 1010 g/mol. The molecule has 6 nitrogen and oxygen atoms in total. The summed E-state index contributed by atoms with van der Waals surface area (Å²) in [6.07, 6.45) is 93.5. The van der Waals surface area contributed by atoms with Crippen LogP contribution < -0.4 is 5.32 Å². The summed E-state index contributed by atoms with van der Waals surface area (Å²) in [4.78, 5) is 24.5. The van der Waals surface area contributed by atoms with Crippen LogP contribution in [-0.2, 0) is 14.3 Å². The van der Waals surface area contributed by atoms with E-state index >= 15 is 0 Å². The number of carbonyl (C=O) groups is 2. The van der Waals surface area contributed by atoms with Crippen LogP contribution in [0.25, 0.3) is 0 Å².